The lowest BCUT2D eigenvalue weighted by Crippen LogP contribution is -2.55. The standard InChI is InChI=1S/C59H71N11O6/c1-40(38-61)63-23-25-65(27-26-64(24-22-60)31-35-68-53(71)44-16-4-10-41-11-5-17-45(50(41)44)54(68)72)28-29-66(32-36-69-55(73)46-18-6-12-42-13-7-19-47(51(42)46)56(69)74)30-33-67(59(2,3)39-62)34-37-70-57(75)48-20-8-14-43-15-9-21-49(52(43)48)58(70)76/h4-21,40,63H,22-39,60-62H2,1-3H3. The maximum atomic E-state index is 14.2. The Morgan fingerprint density at radius 2 is 0.750 bits per heavy atom. The minimum atomic E-state index is -0.531. The van der Waals surface area contributed by atoms with Gasteiger partial charge in [0.15, 0.2) is 0 Å². The van der Waals surface area contributed by atoms with Crippen LogP contribution in [0.4, 0.5) is 0 Å². The number of carbonyl (C=O) groups is 6. The predicted molar refractivity (Wildman–Crippen MR) is 298 cm³/mol. The van der Waals surface area contributed by atoms with Gasteiger partial charge >= 0.3 is 0 Å². The number of rotatable bonds is 27. The number of imide groups is 3. The quantitative estimate of drug-likeness (QED) is 0.0534. The van der Waals surface area contributed by atoms with Crippen molar-refractivity contribution >= 4 is 67.8 Å². The monoisotopic (exact) mass is 1030 g/mol. The number of hydrogen-bond acceptors (Lipinski definition) is 14. The molecule has 3 aliphatic heterocycles. The van der Waals surface area contributed by atoms with Crippen molar-refractivity contribution in [3.8, 4) is 0 Å². The zero-order chi connectivity index (χ0) is 53.7. The van der Waals surface area contributed by atoms with Crippen molar-refractivity contribution < 1.29 is 28.8 Å². The van der Waals surface area contributed by atoms with E-state index in [9.17, 15) is 28.8 Å². The lowest BCUT2D eigenvalue weighted by molar-refractivity contribution is 0.0505. The van der Waals surface area contributed by atoms with Gasteiger partial charge in [0.1, 0.15) is 0 Å². The summed E-state index contributed by atoms with van der Waals surface area (Å²) in [5, 5.41) is 8.12. The molecule has 0 radical (unpaired) electrons. The van der Waals surface area contributed by atoms with Gasteiger partial charge in [-0.15, -0.1) is 0 Å². The number of carbonyl (C=O) groups excluding carboxylic acids is 6. The Kier molecular flexibility index (Phi) is 16.8. The van der Waals surface area contributed by atoms with Crippen LogP contribution in [-0.2, 0) is 0 Å². The highest BCUT2D eigenvalue weighted by molar-refractivity contribution is 6.27. The fourth-order valence-electron chi connectivity index (χ4n) is 11.0. The smallest absolute Gasteiger partial charge is 0.261 e. The van der Waals surface area contributed by atoms with Gasteiger partial charge in [-0.2, -0.15) is 0 Å². The van der Waals surface area contributed by atoms with Crippen molar-refractivity contribution in [1.29, 1.82) is 0 Å². The fourth-order valence-corrected chi connectivity index (χ4v) is 11.0. The summed E-state index contributed by atoms with van der Waals surface area (Å²) < 4.78 is 0. The molecule has 398 valence electrons. The molecule has 0 fully saturated rings. The Balaban J connectivity index is 0.919. The van der Waals surface area contributed by atoms with Gasteiger partial charge in [0.2, 0.25) is 0 Å². The normalized spacial score (nSPS) is 15.2. The van der Waals surface area contributed by atoms with Gasteiger partial charge in [0.25, 0.3) is 35.4 Å². The zero-order valence-electron chi connectivity index (χ0n) is 44.0. The molecule has 3 aliphatic rings. The van der Waals surface area contributed by atoms with Gasteiger partial charge < -0.3 is 22.5 Å². The average molecular weight is 1030 g/mol. The molecule has 6 aromatic rings. The number of nitrogens with two attached hydrogens (primary N) is 3. The maximum absolute atomic E-state index is 14.2. The van der Waals surface area contributed by atoms with E-state index in [2.05, 4.69) is 38.8 Å². The van der Waals surface area contributed by atoms with Crippen LogP contribution in [0.1, 0.15) is 82.9 Å². The second-order valence-electron chi connectivity index (χ2n) is 20.8. The van der Waals surface area contributed by atoms with Crippen LogP contribution in [0.15, 0.2) is 109 Å². The first kappa shape index (κ1) is 54.0. The van der Waals surface area contributed by atoms with E-state index in [1.807, 2.05) is 79.7 Å². The van der Waals surface area contributed by atoms with E-state index in [0.717, 1.165) is 16.2 Å². The molecule has 3 heterocycles. The number of amides is 6. The third-order valence-electron chi connectivity index (χ3n) is 15.7. The van der Waals surface area contributed by atoms with Crippen LogP contribution in [-0.4, -0.2) is 199 Å². The number of hydrogen-bond donors (Lipinski definition) is 4. The molecule has 6 amide bonds. The minimum absolute atomic E-state index is 0.106. The summed E-state index contributed by atoms with van der Waals surface area (Å²) in [6.07, 6.45) is 0. The van der Waals surface area contributed by atoms with Crippen LogP contribution >= 0.6 is 0 Å². The number of nitrogens with zero attached hydrogens (tertiary/aromatic N) is 7. The molecule has 17 nitrogen and oxygen atoms in total. The van der Waals surface area contributed by atoms with E-state index in [-0.39, 0.29) is 61.1 Å². The van der Waals surface area contributed by atoms with Gasteiger partial charge in [0.05, 0.1) is 0 Å². The van der Waals surface area contributed by atoms with Crippen molar-refractivity contribution in [3.05, 3.63) is 143 Å². The molecule has 7 N–H and O–H groups in total. The summed E-state index contributed by atoms with van der Waals surface area (Å²) in [5.74, 6) is -1.92. The Bertz CT molecular complexity index is 3030. The third kappa shape index (κ3) is 11.1. The Morgan fingerprint density at radius 3 is 1.08 bits per heavy atom. The molecular weight excluding hydrogens is 959 g/mol. The van der Waals surface area contributed by atoms with Crippen LogP contribution in [0, 0.1) is 0 Å². The van der Waals surface area contributed by atoms with Crippen LogP contribution in [0.5, 0.6) is 0 Å². The summed E-state index contributed by atoms with van der Waals surface area (Å²) in [6.45, 7) is 14.4. The first-order valence-electron chi connectivity index (χ1n) is 26.6. The molecular formula is C59H71N11O6. The van der Waals surface area contributed by atoms with Crippen molar-refractivity contribution in [3.63, 3.8) is 0 Å². The minimum Gasteiger partial charge on any atom is -0.329 e. The molecule has 17 heteroatoms. The second kappa shape index (κ2) is 23.6. The summed E-state index contributed by atoms with van der Waals surface area (Å²) in [6, 6.07) is 33.3. The molecule has 0 saturated heterocycles. The number of nitrogens with one attached hydrogen (secondary N) is 1. The van der Waals surface area contributed by atoms with Crippen LogP contribution < -0.4 is 22.5 Å². The molecule has 0 saturated carbocycles. The molecule has 9 rings (SSSR count). The van der Waals surface area contributed by atoms with Crippen molar-refractivity contribution in [2.24, 2.45) is 17.2 Å². The second-order valence-corrected chi connectivity index (χ2v) is 20.8. The Labute approximate surface area is 444 Å². The van der Waals surface area contributed by atoms with Gasteiger partial charge in [-0.3, -0.25) is 63.1 Å². The molecule has 0 spiro atoms. The predicted octanol–water partition coefficient (Wildman–Crippen LogP) is 4.18. The highest BCUT2D eigenvalue weighted by Gasteiger charge is 2.37. The first-order valence-corrected chi connectivity index (χ1v) is 26.6. The van der Waals surface area contributed by atoms with E-state index in [1.54, 1.807) is 36.4 Å². The fraction of sp³-hybridized carbons (Fsp3) is 0.390. The summed E-state index contributed by atoms with van der Waals surface area (Å²) in [5.41, 5.74) is 21.2. The highest BCUT2D eigenvalue weighted by Crippen LogP contribution is 2.33. The average Bonchev–Trinajstić information content (AvgIpc) is 3.46. The van der Waals surface area contributed by atoms with E-state index < -0.39 is 5.54 Å². The molecule has 1 unspecified atom stereocenters. The van der Waals surface area contributed by atoms with Crippen LogP contribution in [0.25, 0.3) is 32.3 Å². The highest BCUT2D eigenvalue weighted by atomic mass is 16.2. The maximum Gasteiger partial charge on any atom is 0.261 e. The SMILES string of the molecule is CC(CN)NCCN(CCN(CCN)CCN1C(=O)c2cccc3cccc(c23)C1=O)CCN(CCN1C(=O)c2cccc3cccc(c23)C1=O)CCN(CCN1C(=O)c2cccc3cccc(c23)C1=O)C(C)(C)CN. The van der Waals surface area contributed by atoms with Crippen LogP contribution in [0.3, 0.4) is 0 Å². The van der Waals surface area contributed by atoms with E-state index in [0.29, 0.717) is 148 Å². The van der Waals surface area contributed by atoms with Gasteiger partial charge in [0, 0.05) is 179 Å². The lowest BCUT2D eigenvalue weighted by atomic mass is 9.94. The molecule has 1 atom stereocenters. The topological polar surface area (TPSA) is 215 Å². The lowest BCUT2D eigenvalue weighted by Gasteiger charge is -2.40. The summed E-state index contributed by atoms with van der Waals surface area (Å²) in [4.78, 5) is 97.0. The molecule has 76 heavy (non-hydrogen) atoms. The van der Waals surface area contributed by atoms with Crippen molar-refractivity contribution in [2.45, 2.75) is 32.4 Å². The van der Waals surface area contributed by atoms with Crippen LogP contribution in [0.2, 0.25) is 0 Å². The first-order chi connectivity index (χ1) is 36.7. The van der Waals surface area contributed by atoms with E-state index >= 15 is 0 Å². The Morgan fingerprint density at radius 1 is 0.434 bits per heavy atom. The largest absolute Gasteiger partial charge is 0.329 e. The van der Waals surface area contributed by atoms with Crippen molar-refractivity contribution in [1.82, 2.24) is 39.6 Å². The molecule has 0 bridgehead atoms. The third-order valence-corrected chi connectivity index (χ3v) is 15.7. The van der Waals surface area contributed by atoms with Gasteiger partial charge in [-0.25, -0.2) is 0 Å². The summed E-state index contributed by atoms with van der Waals surface area (Å²) >= 11 is 0. The zero-order valence-corrected chi connectivity index (χ0v) is 44.0. The number of benzene rings is 6. The molecule has 0 aromatic heterocycles. The Hall–Kier alpha value is -6.80. The van der Waals surface area contributed by atoms with Gasteiger partial charge in [-0.1, -0.05) is 72.8 Å². The van der Waals surface area contributed by atoms with Crippen molar-refractivity contribution in [2.75, 3.05) is 118 Å². The molecule has 6 aromatic carbocycles. The van der Waals surface area contributed by atoms with Gasteiger partial charge in [-0.05, 0) is 73.3 Å². The summed E-state index contributed by atoms with van der Waals surface area (Å²) in [7, 11) is 0. The van der Waals surface area contributed by atoms with E-state index in [4.69, 9.17) is 17.2 Å². The molecule has 0 aliphatic carbocycles. The van der Waals surface area contributed by atoms with E-state index in [1.165, 1.54) is 14.7 Å².